The van der Waals surface area contributed by atoms with E-state index < -0.39 is 23.8 Å². The zero-order valence-electron chi connectivity index (χ0n) is 18.8. The molecule has 0 spiro atoms. The molecule has 0 bridgehead atoms. The van der Waals surface area contributed by atoms with Gasteiger partial charge >= 0.3 is 6.03 Å². The summed E-state index contributed by atoms with van der Waals surface area (Å²) in [7, 11) is 1.00. The molecule has 4 amide bonds. The van der Waals surface area contributed by atoms with Crippen LogP contribution in [-0.4, -0.2) is 41.5 Å². The van der Waals surface area contributed by atoms with E-state index >= 15 is 0 Å². The highest BCUT2D eigenvalue weighted by molar-refractivity contribution is 6.16. The van der Waals surface area contributed by atoms with Gasteiger partial charge in [0.15, 0.2) is 0 Å². The van der Waals surface area contributed by atoms with Crippen molar-refractivity contribution >= 4 is 17.8 Å². The van der Waals surface area contributed by atoms with Crippen LogP contribution in [0.5, 0.6) is 0 Å². The molecule has 1 unspecified atom stereocenters. The van der Waals surface area contributed by atoms with Gasteiger partial charge in [0.25, 0.3) is 0 Å². The van der Waals surface area contributed by atoms with Crippen molar-refractivity contribution in [1.82, 2.24) is 10.2 Å². The number of nitrogens with zero attached hydrogens (tertiary/aromatic N) is 1. The first-order valence-corrected chi connectivity index (χ1v) is 11.2. The third kappa shape index (κ3) is 6.26. The number of imide groups is 2. The molecule has 1 fully saturated rings. The predicted molar refractivity (Wildman–Crippen MR) is 127 cm³/mol. The third-order valence-electron chi connectivity index (χ3n) is 5.86. The molecule has 0 aromatic heterocycles. The number of barbiturate groups is 1. The van der Waals surface area contributed by atoms with Gasteiger partial charge in [-0.25, -0.2) is 4.79 Å². The SMILES string of the molecule is CO.O=C1NC(=O)N(CC2=CCCC=C2)C(=O)C1C(Cc1ccccc1)Cc1ccccc1. The van der Waals surface area contributed by atoms with E-state index in [0.717, 1.165) is 36.7 Å². The molecule has 1 saturated heterocycles. The molecule has 172 valence electrons. The molecule has 2 aliphatic rings. The number of carbonyl (C=O) groups excluding carboxylic acids is 3. The second kappa shape index (κ2) is 11.9. The Morgan fingerprint density at radius 3 is 2.00 bits per heavy atom. The summed E-state index contributed by atoms with van der Waals surface area (Å²) in [6, 6.07) is 19.1. The molecule has 33 heavy (non-hydrogen) atoms. The molecule has 1 aliphatic carbocycles. The van der Waals surface area contributed by atoms with E-state index in [2.05, 4.69) is 5.32 Å². The average molecular weight is 447 g/mol. The van der Waals surface area contributed by atoms with Crippen molar-refractivity contribution in [3.05, 3.63) is 95.6 Å². The number of hydrogen-bond donors (Lipinski definition) is 2. The number of nitrogens with one attached hydrogen (secondary N) is 1. The monoisotopic (exact) mass is 446 g/mol. The van der Waals surface area contributed by atoms with Gasteiger partial charge < -0.3 is 5.11 Å². The number of rotatable bonds is 7. The van der Waals surface area contributed by atoms with Gasteiger partial charge in [-0.05, 0) is 48.3 Å². The number of hydrogen-bond acceptors (Lipinski definition) is 4. The molecule has 1 aliphatic heterocycles. The molecule has 1 atom stereocenters. The Labute approximate surface area is 194 Å². The lowest BCUT2D eigenvalue weighted by molar-refractivity contribution is -0.144. The predicted octanol–water partition coefficient (Wildman–Crippen LogP) is 3.67. The first-order valence-electron chi connectivity index (χ1n) is 11.2. The Balaban J connectivity index is 0.00000149. The molecule has 4 rings (SSSR count). The highest BCUT2D eigenvalue weighted by Gasteiger charge is 2.44. The molecule has 0 radical (unpaired) electrons. The van der Waals surface area contributed by atoms with Crippen LogP contribution >= 0.6 is 0 Å². The van der Waals surface area contributed by atoms with Crippen LogP contribution in [0.25, 0.3) is 0 Å². The van der Waals surface area contributed by atoms with Crippen LogP contribution in [0, 0.1) is 11.8 Å². The maximum Gasteiger partial charge on any atom is 0.331 e. The summed E-state index contributed by atoms with van der Waals surface area (Å²) in [6.45, 7) is 0.189. The molecule has 2 aromatic rings. The van der Waals surface area contributed by atoms with Gasteiger partial charge in [0.05, 0.1) is 6.54 Å². The van der Waals surface area contributed by atoms with E-state index in [0.29, 0.717) is 12.8 Å². The van der Waals surface area contributed by atoms with E-state index in [-0.39, 0.29) is 12.5 Å². The van der Waals surface area contributed by atoms with Gasteiger partial charge in [0.2, 0.25) is 11.8 Å². The zero-order valence-corrected chi connectivity index (χ0v) is 18.8. The Morgan fingerprint density at radius 1 is 0.909 bits per heavy atom. The summed E-state index contributed by atoms with van der Waals surface area (Å²) < 4.78 is 0. The number of benzene rings is 2. The Morgan fingerprint density at radius 2 is 1.48 bits per heavy atom. The smallest absolute Gasteiger partial charge is 0.331 e. The summed E-state index contributed by atoms with van der Waals surface area (Å²) in [5, 5.41) is 9.43. The number of aliphatic hydroxyl groups is 1. The van der Waals surface area contributed by atoms with Gasteiger partial charge in [-0.2, -0.15) is 0 Å². The third-order valence-corrected chi connectivity index (χ3v) is 5.86. The number of carbonyl (C=O) groups is 3. The van der Waals surface area contributed by atoms with Gasteiger partial charge in [-0.3, -0.25) is 19.8 Å². The van der Waals surface area contributed by atoms with Crippen LogP contribution in [0.4, 0.5) is 4.79 Å². The highest BCUT2D eigenvalue weighted by atomic mass is 16.2. The fraction of sp³-hybridized carbons (Fsp3) is 0.296. The molecule has 0 saturated carbocycles. The summed E-state index contributed by atoms with van der Waals surface area (Å²) >= 11 is 0. The van der Waals surface area contributed by atoms with Crippen LogP contribution in [0.15, 0.2) is 84.5 Å². The van der Waals surface area contributed by atoms with Crippen LogP contribution in [0.3, 0.4) is 0 Å². The number of aliphatic hydroxyl groups excluding tert-OH is 1. The van der Waals surface area contributed by atoms with E-state index in [1.54, 1.807) is 0 Å². The maximum absolute atomic E-state index is 13.4. The summed E-state index contributed by atoms with van der Waals surface area (Å²) in [6.07, 6.45) is 9.02. The van der Waals surface area contributed by atoms with Crippen LogP contribution in [-0.2, 0) is 22.4 Å². The maximum atomic E-state index is 13.4. The molecule has 2 N–H and O–H groups in total. The van der Waals surface area contributed by atoms with Crippen molar-refractivity contribution in [3.63, 3.8) is 0 Å². The molecule has 6 nitrogen and oxygen atoms in total. The molecule has 6 heteroatoms. The normalized spacial score (nSPS) is 17.9. The van der Waals surface area contributed by atoms with Crippen molar-refractivity contribution in [2.75, 3.05) is 13.7 Å². The van der Waals surface area contributed by atoms with Gasteiger partial charge in [-0.1, -0.05) is 78.9 Å². The second-order valence-corrected chi connectivity index (χ2v) is 8.09. The standard InChI is InChI=1S/C26H26N2O3.CH4O/c29-24-23(25(30)28(26(31)27-24)18-21-14-8-3-9-15-21)22(16-19-10-4-1-5-11-19)17-20-12-6-2-7-13-20;1-2/h1-2,4-8,10-15,22-23H,3,9,16-18H2,(H,27,29,31);2H,1H3. The fourth-order valence-electron chi connectivity index (χ4n) is 4.31. The van der Waals surface area contributed by atoms with Crippen LogP contribution < -0.4 is 5.32 Å². The van der Waals surface area contributed by atoms with Crippen molar-refractivity contribution in [2.45, 2.75) is 25.7 Å². The molecular weight excluding hydrogens is 416 g/mol. The minimum absolute atomic E-state index is 0.189. The average Bonchev–Trinajstić information content (AvgIpc) is 2.85. The molecule has 1 heterocycles. The van der Waals surface area contributed by atoms with Crippen molar-refractivity contribution < 1.29 is 19.5 Å². The Kier molecular flexibility index (Phi) is 8.72. The fourth-order valence-corrected chi connectivity index (χ4v) is 4.31. The zero-order chi connectivity index (χ0) is 23.6. The van der Waals surface area contributed by atoms with Gasteiger partial charge in [0, 0.05) is 7.11 Å². The quantitative estimate of drug-likeness (QED) is 0.636. The van der Waals surface area contributed by atoms with E-state index in [1.807, 2.05) is 78.9 Å². The summed E-state index contributed by atoms with van der Waals surface area (Å²) in [4.78, 5) is 40.0. The first kappa shape index (κ1) is 24.1. The van der Waals surface area contributed by atoms with Crippen molar-refractivity contribution in [3.8, 4) is 0 Å². The Hall–Kier alpha value is -3.51. The lowest BCUT2D eigenvalue weighted by Gasteiger charge is -2.34. The van der Waals surface area contributed by atoms with Crippen LogP contribution in [0.2, 0.25) is 0 Å². The lowest BCUT2D eigenvalue weighted by Crippen LogP contribution is -2.60. The molecular formula is C27H30N2O4. The first-order chi connectivity index (χ1) is 16.1. The summed E-state index contributed by atoms with van der Waals surface area (Å²) in [5.74, 6) is -2.09. The Bertz CT molecular complexity index is 973. The van der Waals surface area contributed by atoms with E-state index in [4.69, 9.17) is 5.11 Å². The minimum atomic E-state index is -0.911. The van der Waals surface area contributed by atoms with Gasteiger partial charge in [0.1, 0.15) is 5.92 Å². The topological polar surface area (TPSA) is 86.7 Å². The second-order valence-electron chi connectivity index (χ2n) is 8.09. The number of urea groups is 1. The number of allylic oxidation sites excluding steroid dienone is 2. The van der Waals surface area contributed by atoms with Crippen molar-refractivity contribution in [2.24, 2.45) is 11.8 Å². The van der Waals surface area contributed by atoms with Gasteiger partial charge in [-0.15, -0.1) is 0 Å². The van der Waals surface area contributed by atoms with E-state index in [1.165, 1.54) is 4.90 Å². The molecule has 2 aromatic carbocycles. The minimum Gasteiger partial charge on any atom is -0.400 e. The van der Waals surface area contributed by atoms with Crippen molar-refractivity contribution in [1.29, 1.82) is 0 Å². The highest BCUT2D eigenvalue weighted by Crippen LogP contribution is 2.28. The number of amides is 4. The lowest BCUT2D eigenvalue weighted by atomic mass is 9.80. The van der Waals surface area contributed by atoms with Crippen LogP contribution in [0.1, 0.15) is 24.0 Å². The van der Waals surface area contributed by atoms with E-state index in [9.17, 15) is 14.4 Å². The largest absolute Gasteiger partial charge is 0.400 e. The summed E-state index contributed by atoms with van der Waals surface area (Å²) in [5.41, 5.74) is 3.04.